The monoisotopic (exact) mass is 242 g/mol. The number of hydrogen-bond donors (Lipinski definition) is 2. The van der Waals surface area contributed by atoms with Gasteiger partial charge in [0, 0.05) is 25.2 Å². The van der Waals surface area contributed by atoms with Gasteiger partial charge in [-0.3, -0.25) is 14.5 Å². The van der Waals surface area contributed by atoms with Crippen LogP contribution in [0.3, 0.4) is 0 Å². The second-order valence-corrected chi connectivity index (χ2v) is 4.03. The van der Waals surface area contributed by atoms with E-state index in [9.17, 15) is 9.59 Å². The Labute approximate surface area is 100 Å². The lowest BCUT2D eigenvalue weighted by Crippen LogP contribution is -2.34. The standard InChI is InChI=1S/C11H18N2O4/c1-8-5-9(6-14)17-11(8)13(7-15)4-3-10(16)12-2/h3-4,7-9,11,14H,5-6H2,1-2H3,(H,12,16)/b4-3-/t8?,9-,11?/m0/s1. The molecule has 1 rings (SSSR count). The zero-order chi connectivity index (χ0) is 12.8. The first-order chi connectivity index (χ1) is 8.12. The highest BCUT2D eigenvalue weighted by Crippen LogP contribution is 2.27. The van der Waals surface area contributed by atoms with Crippen LogP contribution in [0.2, 0.25) is 0 Å². The fourth-order valence-electron chi connectivity index (χ4n) is 1.82. The van der Waals surface area contributed by atoms with Gasteiger partial charge in [0.2, 0.25) is 12.3 Å². The third kappa shape index (κ3) is 3.54. The molecule has 2 N–H and O–H groups in total. The van der Waals surface area contributed by atoms with Gasteiger partial charge in [0.15, 0.2) is 0 Å². The predicted octanol–water partition coefficient (Wildman–Crippen LogP) is -0.552. The van der Waals surface area contributed by atoms with Crippen molar-refractivity contribution in [2.24, 2.45) is 5.92 Å². The molecule has 1 aliphatic rings. The Kier molecular flexibility index (Phi) is 5.11. The fraction of sp³-hybridized carbons (Fsp3) is 0.636. The zero-order valence-corrected chi connectivity index (χ0v) is 10.00. The molecule has 3 atom stereocenters. The lowest BCUT2D eigenvalue weighted by atomic mass is 10.1. The van der Waals surface area contributed by atoms with Gasteiger partial charge in [-0.25, -0.2) is 0 Å². The molecule has 0 aromatic rings. The van der Waals surface area contributed by atoms with Gasteiger partial charge in [-0.1, -0.05) is 6.92 Å². The summed E-state index contributed by atoms with van der Waals surface area (Å²) in [5.74, 6) is -0.173. The van der Waals surface area contributed by atoms with Gasteiger partial charge in [-0.15, -0.1) is 0 Å². The number of nitrogens with zero attached hydrogens (tertiary/aromatic N) is 1. The van der Waals surface area contributed by atoms with E-state index >= 15 is 0 Å². The molecule has 17 heavy (non-hydrogen) atoms. The maximum absolute atomic E-state index is 11.0. The molecule has 0 aromatic carbocycles. The van der Waals surface area contributed by atoms with Crippen molar-refractivity contribution in [3.63, 3.8) is 0 Å². The van der Waals surface area contributed by atoms with Crippen LogP contribution >= 0.6 is 0 Å². The third-order valence-corrected chi connectivity index (χ3v) is 2.72. The van der Waals surface area contributed by atoms with E-state index < -0.39 is 6.23 Å². The van der Waals surface area contributed by atoms with Crippen LogP contribution in [0.1, 0.15) is 13.3 Å². The van der Waals surface area contributed by atoms with Gasteiger partial charge in [0.05, 0.1) is 12.7 Å². The number of likely N-dealkylation sites (N-methyl/N-ethyl adjacent to an activating group) is 1. The summed E-state index contributed by atoms with van der Waals surface area (Å²) in [5, 5.41) is 11.4. The molecule has 1 heterocycles. The van der Waals surface area contributed by atoms with Crippen molar-refractivity contribution >= 4 is 12.3 Å². The maximum Gasteiger partial charge on any atom is 0.245 e. The molecule has 1 aliphatic heterocycles. The Hall–Kier alpha value is -1.40. The van der Waals surface area contributed by atoms with Crippen LogP contribution in [0.5, 0.6) is 0 Å². The molecule has 0 spiro atoms. The normalized spacial score (nSPS) is 28.3. The van der Waals surface area contributed by atoms with E-state index in [1.54, 1.807) is 0 Å². The highest BCUT2D eigenvalue weighted by Gasteiger charge is 2.34. The molecule has 6 nitrogen and oxygen atoms in total. The summed E-state index contributed by atoms with van der Waals surface area (Å²) in [7, 11) is 1.51. The molecule has 0 saturated carbocycles. The quantitative estimate of drug-likeness (QED) is 0.501. The Morgan fingerprint density at radius 2 is 2.35 bits per heavy atom. The van der Waals surface area contributed by atoms with Gasteiger partial charge in [0.25, 0.3) is 0 Å². The van der Waals surface area contributed by atoms with E-state index in [0.717, 1.165) is 0 Å². The molecular weight excluding hydrogens is 224 g/mol. The summed E-state index contributed by atoms with van der Waals surface area (Å²) in [6, 6.07) is 0. The van der Waals surface area contributed by atoms with E-state index in [0.29, 0.717) is 12.8 Å². The number of hydrogen-bond acceptors (Lipinski definition) is 4. The molecule has 6 heteroatoms. The minimum atomic E-state index is -0.425. The van der Waals surface area contributed by atoms with E-state index in [-0.39, 0.29) is 24.5 Å². The average Bonchev–Trinajstić information content (AvgIpc) is 2.71. The molecule has 1 saturated heterocycles. The Morgan fingerprint density at radius 1 is 1.65 bits per heavy atom. The number of rotatable bonds is 5. The summed E-state index contributed by atoms with van der Waals surface area (Å²) >= 11 is 0. The Balaban J connectivity index is 2.65. The first-order valence-corrected chi connectivity index (χ1v) is 5.51. The second kappa shape index (κ2) is 6.36. The van der Waals surface area contributed by atoms with Crippen LogP contribution in [0.25, 0.3) is 0 Å². The van der Waals surface area contributed by atoms with Crippen molar-refractivity contribution < 1.29 is 19.4 Å². The van der Waals surface area contributed by atoms with Gasteiger partial charge < -0.3 is 15.2 Å². The molecule has 2 unspecified atom stereocenters. The van der Waals surface area contributed by atoms with Crippen molar-refractivity contribution in [1.29, 1.82) is 0 Å². The van der Waals surface area contributed by atoms with Gasteiger partial charge in [-0.2, -0.15) is 0 Å². The first-order valence-electron chi connectivity index (χ1n) is 5.51. The lowest BCUT2D eigenvalue weighted by molar-refractivity contribution is -0.129. The molecule has 0 bridgehead atoms. The zero-order valence-electron chi connectivity index (χ0n) is 10.00. The highest BCUT2D eigenvalue weighted by atomic mass is 16.5. The van der Waals surface area contributed by atoms with Crippen LogP contribution in [0, 0.1) is 5.92 Å². The number of carbonyl (C=O) groups is 2. The number of nitrogens with one attached hydrogen (secondary N) is 1. The minimum Gasteiger partial charge on any atom is -0.394 e. The van der Waals surface area contributed by atoms with E-state index in [1.165, 1.54) is 24.2 Å². The van der Waals surface area contributed by atoms with E-state index in [2.05, 4.69) is 5.32 Å². The molecule has 0 radical (unpaired) electrons. The second-order valence-electron chi connectivity index (χ2n) is 4.03. The number of amides is 2. The van der Waals surface area contributed by atoms with Crippen molar-refractivity contribution in [3.05, 3.63) is 12.3 Å². The van der Waals surface area contributed by atoms with Crippen molar-refractivity contribution in [3.8, 4) is 0 Å². The first kappa shape index (κ1) is 13.7. The Morgan fingerprint density at radius 3 is 2.82 bits per heavy atom. The Bertz CT molecular complexity index is 306. The summed E-state index contributed by atoms with van der Waals surface area (Å²) in [5.41, 5.74) is 0. The smallest absolute Gasteiger partial charge is 0.245 e. The summed E-state index contributed by atoms with van der Waals surface area (Å²) in [6.07, 6.45) is 3.28. The van der Waals surface area contributed by atoms with Crippen LogP contribution in [-0.2, 0) is 14.3 Å². The molecular formula is C11H18N2O4. The van der Waals surface area contributed by atoms with Crippen molar-refractivity contribution in [2.75, 3.05) is 13.7 Å². The molecule has 96 valence electrons. The summed E-state index contributed by atoms with van der Waals surface area (Å²) in [6.45, 7) is 1.87. The average molecular weight is 242 g/mol. The molecule has 2 amide bonds. The fourth-order valence-corrected chi connectivity index (χ4v) is 1.82. The third-order valence-electron chi connectivity index (χ3n) is 2.72. The van der Waals surface area contributed by atoms with Crippen LogP contribution in [0.15, 0.2) is 12.3 Å². The summed E-state index contributed by atoms with van der Waals surface area (Å²) < 4.78 is 5.50. The summed E-state index contributed by atoms with van der Waals surface area (Å²) in [4.78, 5) is 23.3. The van der Waals surface area contributed by atoms with Crippen LogP contribution in [-0.4, -0.2) is 48.3 Å². The number of aliphatic hydroxyl groups is 1. The number of aliphatic hydroxyl groups excluding tert-OH is 1. The molecule has 0 aliphatic carbocycles. The SMILES string of the molecule is CNC(=O)/C=C\N(C=O)C1O[C@H](CO)CC1C. The van der Waals surface area contributed by atoms with Crippen LogP contribution in [0.4, 0.5) is 0 Å². The van der Waals surface area contributed by atoms with Crippen molar-refractivity contribution in [2.45, 2.75) is 25.7 Å². The topological polar surface area (TPSA) is 78.9 Å². The maximum atomic E-state index is 11.0. The van der Waals surface area contributed by atoms with Crippen LogP contribution < -0.4 is 5.32 Å². The van der Waals surface area contributed by atoms with Gasteiger partial charge in [0.1, 0.15) is 6.23 Å². The van der Waals surface area contributed by atoms with E-state index in [1.807, 2.05) is 6.92 Å². The lowest BCUT2D eigenvalue weighted by Gasteiger charge is -2.23. The van der Waals surface area contributed by atoms with Gasteiger partial charge in [-0.05, 0) is 6.42 Å². The number of carbonyl (C=O) groups excluding carboxylic acids is 2. The highest BCUT2D eigenvalue weighted by molar-refractivity contribution is 5.87. The van der Waals surface area contributed by atoms with Crippen molar-refractivity contribution in [1.82, 2.24) is 10.2 Å². The molecule has 1 fully saturated rings. The number of ether oxygens (including phenoxy) is 1. The largest absolute Gasteiger partial charge is 0.394 e. The molecule has 0 aromatic heterocycles. The predicted molar refractivity (Wildman–Crippen MR) is 60.6 cm³/mol. The minimum absolute atomic E-state index is 0.0628. The van der Waals surface area contributed by atoms with Gasteiger partial charge >= 0.3 is 0 Å². The van der Waals surface area contributed by atoms with E-state index in [4.69, 9.17) is 9.84 Å².